The number of carbonyl (C=O) groups excluding carboxylic acids is 2. The van der Waals surface area contributed by atoms with Crippen LogP contribution in [0.4, 0.5) is 10.6 Å². The monoisotopic (exact) mass is 522 g/mol. The van der Waals surface area contributed by atoms with Gasteiger partial charge in [0.05, 0.1) is 6.20 Å². The predicted molar refractivity (Wildman–Crippen MR) is 141 cm³/mol. The molecule has 4 heterocycles. The maximum atomic E-state index is 12.8. The molecule has 5 rings (SSSR count). The highest BCUT2D eigenvalue weighted by atomic mass is 35.5. The first-order valence-electron chi connectivity index (χ1n) is 11.7. The summed E-state index contributed by atoms with van der Waals surface area (Å²) in [5, 5.41) is 6.76. The summed E-state index contributed by atoms with van der Waals surface area (Å²) in [4.78, 5) is 49.3. The van der Waals surface area contributed by atoms with E-state index in [-0.39, 0.29) is 36.0 Å². The van der Waals surface area contributed by atoms with Gasteiger partial charge in [-0.1, -0.05) is 48.0 Å². The van der Waals surface area contributed by atoms with Gasteiger partial charge in [-0.05, 0) is 24.1 Å². The van der Waals surface area contributed by atoms with Gasteiger partial charge in [0.2, 0.25) is 5.91 Å². The topological polar surface area (TPSA) is 151 Å². The number of nitrogens with zero attached hydrogens (tertiary/aromatic N) is 4. The second-order valence-corrected chi connectivity index (χ2v) is 8.81. The molecule has 12 heteroatoms. The zero-order valence-corrected chi connectivity index (χ0v) is 20.7. The van der Waals surface area contributed by atoms with Gasteiger partial charge in [-0.2, -0.15) is 0 Å². The minimum Gasteiger partial charge on any atom is -0.361 e. The Morgan fingerprint density at radius 3 is 2.54 bits per heavy atom. The van der Waals surface area contributed by atoms with Crippen molar-refractivity contribution in [3.8, 4) is 0 Å². The van der Waals surface area contributed by atoms with E-state index in [1.54, 1.807) is 12.4 Å². The molecule has 0 unspecified atom stereocenters. The van der Waals surface area contributed by atoms with Crippen LogP contribution < -0.4 is 21.9 Å². The van der Waals surface area contributed by atoms with Gasteiger partial charge in [0, 0.05) is 43.5 Å². The van der Waals surface area contributed by atoms with Gasteiger partial charge in [0.1, 0.15) is 17.3 Å². The van der Waals surface area contributed by atoms with E-state index in [2.05, 4.69) is 25.6 Å². The molecule has 0 aliphatic carbocycles. The smallest absolute Gasteiger partial charge is 0.314 e. The van der Waals surface area contributed by atoms with Gasteiger partial charge >= 0.3 is 6.03 Å². The van der Waals surface area contributed by atoms with E-state index in [4.69, 9.17) is 17.3 Å². The number of aromatic amines is 1. The summed E-state index contributed by atoms with van der Waals surface area (Å²) in [5.41, 5.74) is 6.37. The average molecular weight is 523 g/mol. The highest BCUT2D eigenvalue weighted by Crippen LogP contribution is 2.14. The molecule has 3 amide bonds. The summed E-state index contributed by atoms with van der Waals surface area (Å²) in [5.74, 6) is -0.313. The molecule has 1 fully saturated rings. The average Bonchev–Trinajstić information content (AvgIpc) is 3.58. The molecule has 1 aromatic carbocycles. The zero-order chi connectivity index (χ0) is 26.2. The Hall–Kier alpha value is -4.38. The molecule has 3 aromatic heterocycles. The summed E-state index contributed by atoms with van der Waals surface area (Å²) in [6.45, 7) is 0.882. The summed E-state index contributed by atoms with van der Waals surface area (Å²) in [6.07, 6.45) is 5.40. The number of anilines is 1. The number of nitrogens with one attached hydrogen (secondary N) is 3. The largest absolute Gasteiger partial charge is 0.361 e. The molecule has 0 saturated carbocycles. The number of primary amides is 1. The highest BCUT2D eigenvalue weighted by Gasteiger charge is 2.26. The number of likely N-dealkylation sites (tertiary alicyclic amines) is 1. The maximum absolute atomic E-state index is 12.8. The summed E-state index contributed by atoms with van der Waals surface area (Å²) < 4.78 is 1.14. The molecule has 11 nitrogen and oxygen atoms in total. The minimum atomic E-state index is -0.518. The fourth-order valence-electron chi connectivity index (χ4n) is 3.85. The lowest BCUT2D eigenvalue weighted by Gasteiger charge is -2.16. The number of carbonyl (C=O) groups is 2. The number of hydrogen-bond donors (Lipinski definition) is 4. The quantitative estimate of drug-likeness (QED) is 0.305. The van der Waals surface area contributed by atoms with Crippen LogP contribution in [0.3, 0.4) is 0 Å². The Morgan fingerprint density at radius 2 is 1.86 bits per heavy atom. The van der Waals surface area contributed by atoms with Crippen LogP contribution in [0.5, 0.6) is 0 Å². The number of halogens is 1. The first kappa shape index (κ1) is 25.7. The van der Waals surface area contributed by atoms with Gasteiger partial charge < -0.3 is 26.3 Å². The van der Waals surface area contributed by atoms with Crippen LogP contribution in [0.2, 0.25) is 5.15 Å². The number of H-pyrrole nitrogens is 1. The first-order chi connectivity index (χ1) is 17.9. The Morgan fingerprint density at radius 1 is 1.14 bits per heavy atom. The number of fused-ring (bicyclic) bond motifs is 1. The van der Waals surface area contributed by atoms with Gasteiger partial charge in [0.25, 0.3) is 5.56 Å². The SMILES string of the molecule is NC(=O)N1CC[C@H](Nc2ncc(Cl)n(CC(=O)NCc3cnc4[nH]ccc4c3)c2=O)C1.c1ccccc1. The van der Waals surface area contributed by atoms with E-state index in [1.807, 2.05) is 48.5 Å². The standard InChI is InChI=1S/C19H21ClN8O3.C6H6/c20-14-8-25-17(26-13-2-4-27(9-13)19(21)31)18(30)28(14)10-15(29)23-6-11-5-12-1-3-22-16(12)24-7-11;1-2-4-6-5-3-1/h1,3,5,7-8,13H,2,4,6,9-10H2,(H2,21,31)(H,22,24)(H,23,29)(H,25,26);1-6H/t13-;/m0./s1. The van der Waals surface area contributed by atoms with Crippen molar-refractivity contribution in [2.45, 2.75) is 25.6 Å². The van der Waals surface area contributed by atoms with Crippen molar-refractivity contribution in [2.24, 2.45) is 5.73 Å². The van der Waals surface area contributed by atoms with Crippen LogP contribution in [-0.4, -0.2) is 55.5 Å². The van der Waals surface area contributed by atoms with Crippen molar-refractivity contribution in [1.29, 1.82) is 0 Å². The van der Waals surface area contributed by atoms with Crippen molar-refractivity contribution >= 4 is 40.4 Å². The lowest BCUT2D eigenvalue weighted by molar-refractivity contribution is -0.121. The van der Waals surface area contributed by atoms with Crippen LogP contribution in [-0.2, 0) is 17.9 Å². The molecule has 0 bridgehead atoms. The molecular weight excluding hydrogens is 496 g/mol. The van der Waals surface area contributed by atoms with Gasteiger partial charge in [-0.15, -0.1) is 0 Å². The fourth-order valence-corrected chi connectivity index (χ4v) is 4.04. The second-order valence-electron chi connectivity index (χ2n) is 8.43. The molecule has 4 aromatic rings. The number of pyridine rings is 1. The number of urea groups is 1. The Kier molecular flexibility index (Phi) is 8.37. The van der Waals surface area contributed by atoms with Crippen molar-refractivity contribution in [3.63, 3.8) is 0 Å². The number of amides is 3. The molecule has 0 spiro atoms. The van der Waals surface area contributed by atoms with E-state index in [0.717, 1.165) is 21.2 Å². The van der Waals surface area contributed by atoms with Crippen LogP contribution in [0.25, 0.3) is 11.0 Å². The molecule has 192 valence electrons. The van der Waals surface area contributed by atoms with Crippen LogP contribution in [0, 0.1) is 0 Å². The van der Waals surface area contributed by atoms with Crippen LogP contribution in [0.1, 0.15) is 12.0 Å². The van der Waals surface area contributed by atoms with E-state index >= 15 is 0 Å². The number of nitrogens with two attached hydrogens (primary N) is 1. The van der Waals surface area contributed by atoms with Crippen LogP contribution in [0.15, 0.2) is 71.9 Å². The van der Waals surface area contributed by atoms with Crippen molar-refractivity contribution in [2.75, 3.05) is 18.4 Å². The third-order valence-electron chi connectivity index (χ3n) is 5.76. The van der Waals surface area contributed by atoms with E-state index in [9.17, 15) is 14.4 Å². The minimum absolute atomic E-state index is 0.0475. The number of hydrogen-bond acceptors (Lipinski definition) is 6. The third-order valence-corrected chi connectivity index (χ3v) is 6.06. The van der Waals surface area contributed by atoms with Gasteiger partial charge in [0.15, 0.2) is 5.82 Å². The van der Waals surface area contributed by atoms with Gasteiger partial charge in [-0.3, -0.25) is 14.2 Å². The summed E-state index contributed by atoms with van der Waals surface area (Å²) in [7, 11) is 0. The second kappa shape index (κ2) is 12.0. The Balaban J connectivity index is 0.000000469. The summed E-state index contributed by atoms with van der Waals surface area (Å²) in [6, 6.07) is 15.1. The molecular formula is C25H27ClN8O3. The molecule has 5 N–H and O–H groups in total. The van der Waals surface area contributed by atoms with Crippen molar-refractivity contribution in [3.05, 3.63) is 88.2 Å². The normalized spacial score (nSPS) is 14.6. The van der Waals surface area contributed by atoms with E-state index in [1.165, 1.54) is 11.1 Å². The van der Waals surface area contributed by atoms with Crippen molar-refractivity contribution < 1.29 is 9.59 Å². The zero-order valence-electron chi connectivity index (χ0n) is 19.9. The lowest BCUT2D eigenvalue weighted by Crippen LogP contribution is -2.37. The molecule has 1 saturated heterocycles. The van der Waals surface area contributed by atoms with Crippen LogP contribution >= 0.6 is 11.6 Å². The number of benzene rings is 1. The maximum Gasteiger partial charge on any atom is 0.314 e. The Labute approximate surface area is 217 Å². The van der Waals surface area contributed by atoms with E-state index < -0.39 is 11.6 Å². The fraction of sp³-hybridized carbons (Fsp3) is 0.240. The molecule has 0 radical (unpaired) electrons. The number of rotatable bonds is 6. The van der Waals surface area contributed by atoms with Crippen molar-refractivity contribution in [1.82, 2.24) is 29.7 Å². The lowest BCUT2D eigenvalue weighted by atomic mass is 10.2. The Bertz CT molecular complexity index is 1400. The predicted octanol–water partition coefficient (Wildman–Crippen LogP) is 2.34. The van der Waals surface area contributed by atoms with Gasteiger partial charge in [-0.25, -0.2) is 14.8 Å². The molecule has 1 aliphatic heterocycles. The summed E-state index contributed by atoms with van der Waals surface area (Å²) >= 11 is 6.11. The molecule has 1 atom stereocenters. The van der Waals surface area contributed by atoms with E-state index in [0.29, 0.717) is 19.5 Å². The first-order valence-corrected chi connectivity index (χ1v) is 12.0. The molecule has 1 aliphatic rings. The number of aromatic nitrogens is 4. The highest BCUT2D eigenvalue weighted by molar-refractivity contribution is 6.29. The molecule has 37 heavy (non-hydrogen) atoms. The third kappa shape index (κ3) is 6.85.